The molecule has 0 aliphatic carbocycles. The van der Waals surface area contributed by atoms with Gasteiger partial charge in [-0.3, -0.25) is 9.59 Å². The second-order valence-electron chi connectivity index (χ2n) is 4.65. The Kier molecular flexibility index (Phi) is 3.70. The summed E-state index contributed by atoms with van der Waals surface area (Å²) in [5, 5.41) is 2.91. The van der Waals surface area contributed by atoms with Gasteiger partial charge < -0.3 is 14.5 Å². The molecule has 0 bridgehead atoms. The van der Waals surface area contributed by atoms with Crippen molar-refractivity contribution in [2.24, 2.45) is 0 Å². The lowest BCUT2D eigenvalue weighted by Crippen LogP contribution is -2.52. The molecule has 0 unspecified atom stereocenters. The van der Waals surface area contributed by atoms with Crippen LogP contribution in [0.2, 0.25) is 0 Å². The number of carbonyl (C=O) groups excluding carboxylic acids is 2. The first-order valence-corrected chi connectivity index (χ1v) is 7.34. The number of hydrogen-bond acceptors (Lipinski definition) is 7. The summed E-state index contributed by atoms with van der Waals surface area (Å²) in [5.74, 6) is 0.264. The number of ether oxygens (including phenoxy) is 1. The number of piperazine rings is 1. The van der Waals surface area contributed by atoms with Crippen LogP contribution in [0.15, 0.2) is 17.8 Å². The zero-order chi connectivity index (χ0) is 14.8. The molecule has 1 aliphatic rings. The molecule has 0 spiro atoms. The summed E-state index contributed by atoms with van der Waals surface area (Å²) in [5.41, 5.74) is 0. The third-order valence-electron chi connectivity index (χ3n) is 3.41. The first-order valence-electron chi connectivity index (χ1n) is 6.47. The van der Waals surface area contributed by atoms with Crippen molar-refractivity contribution in [1.29, 1.82) is 0 Å². The molecule has 0 saturated carbocycles. The van der Waals surface area contributed by atoms with Crippen molar-refractivity contribution in [3.05, 3.63) is 17.8 Å². The van der Waals surface area contributed by atoms with E-state index in [9.17, 15) is 9.59 Å². The zero-order valence-corrected chi connectivity index (χ0v) is 12.3. The minimum Gasteiger partial charge on any atom is -0.468 e. The zero-order valence-electron chi connectivity index (χ0n) is 11.5. The summed E-state index contributed by atoms with van der Waals surface area (Å²) < 4.78 is 4.59. The van der Waals surface area contributed by atoms with E-state index in [1.165, 1.54) is 18.3 Å². The lowest BCUT2D eigenvalue weighted by Gasteiger charge is -2.34. The van der Waals surface area contributed by atoms with Crippen LogP contribution in [0.25, 0.3) is 10.2 Å². The molecule has 0 N–H and O–H groups in total. The summed E-state index contributed by atoms with van der Waals surface area (Å²) in [7, 11) is 1.32. The maximum atomic E-state index is 12.1. The fraction of sp³-hybridized carbons (Fsp3) is 0.385. The minimum absolute atomic E-state index is 0.000802. The smallest absolute Gasteiger partial charge is 0.325 e. The molecular weight excluding hydrogens is 292 g/mol. The molecule has 1 amide bonds. The third-order valence-corrected chi connectivity index (χ3v) is 4.23. The molecule has 21 heavy (non-hydrogen) atoms. The Balaban J connectivity index is 1.77. The van der Waals surface area contributed by atoms with Gasteiger partial charge in [0.1, 0.15) is 23.5 Å². The van der Waals surface area contributed by atoms with Crippen LogP contribution in [0.3, 0.4) is 0 Å². The monoisotopic (exact) mass is 306 g/mol. The Morgan fingerprint density at radius 2 is 2.29 bits per heavy atom. The third kappa shape index (κ3) is 2.66. The van der Waals surface area contributed by atoms with E-state index in [0.717, 1.165) is 16.0 Å². The number of thiophene rings is 1. The largest absolute Gasteiger partial charge is 0.468 e. The Hall–Kier alpha value is -2.22. The topological polar surface area (TPSA) is 75.6 Å². The van der Waals surface area contributed by atoms with E-state index in [-0.39, 0.29) is 19.0 Å². The molecule has 3 rings (SSSR count). The predicted molar refractivity (Wildman–Crippen MR) is 78.2 cm³/mol. The number of carbonyl (C=O) groups is 2. The minimum atomic E-state index is -0.404. The quantitative estimate of drug-likeness (QED) is 0.769. The van der Waals surface area contributed by atoms with Crippen LogP contribution in [0.4, 0.5) is 5.82 Å². The number of anilines is 1. The van der Waals surface area contributed by atoms with Crippen molar-refractivity contribution in [1.82, 2.24) is 14.9 Å². The summed E-state index contributed by atoms with van der Waals surface area (Å²) in [6, 6.07) is 1.96. The van der Waals surface area contributed by atoms with E-state index < -0.39 is 5.97 Å². The van der Waals surface area contributed by atoms with Gasteiger partial charge >= 0.3 is 5.97 Å². The van der Waals surface area contributed by atoms with Crippen molar-refractivity contribution in [2.75, 3.05) is 38.2 Å². The Morgan fingerprint density at radius 3 is 3.05 bits per heavy atom. The number of aromatic nitrogens is 2. The van der Waals surface area contributed by atoms with Crippen molar-refractivity contribution in [2.45, 2.75) is 0 Å². The SMILES string of the molecule is COC(=O)CN1CCN(c2ncnc3sccc23)CC1=O. The molecule has 110 valence electrons. The molecular formula is C13H14N4O3S. The van der Waals surface area contributed by atoms with Crippen LogP contribution in [0.5, 0.6) is 0 Å². The van der Waals surface area contributed by atoms with E-state index in [1.54, 1.807) is 11.3 Å². The first-order chi connectivity index (χ1) is 10.2. The van der Waals surface area contributed by atoms with Crippen molar-refractivity contribution in [3.8, 4) is 0 Å². The van der Waals surface area contributed by atoms with Gasteiger partial charge in [0, 0.05) is 13.1 Å². The predicted octanol–water partition coefficient (Wildman–Crippen LogP) is 0.513. The maximum absolute atomic E-state index is 12.1. The highest BCUT2D eigenvalue weighted by molar-refractivity contribution is 7.16. The van der Waals surface area contributed by atoms with Gasteiger partial charge in [-0.15, -0.1) is 11.3 Å². The fourth-order valence-electron chi connectivity index (χ4n) is 2.31. The molecule has 3 heterocycles. The molecule has 1 saturated heterocycles. The van der Waals surface area contributed by atoms with Gasteiger partial charge in [0.05, 0.1) is 19.0 Å². The standard InChI is InChI=1S/C13H14N4O3S/c1-20-11(19)7-16-3-4-17(6-10(16)18)12-9-2-5-21-13(9)15-8-14-12/h2,5,8H,3-4,6-7H2,1H3. The van der Waals surface area contributed by atoms with Gasteiger partial charge in [0.25, 0.3) is 0 Å². The molecule has 2 aromatic rings. The summed E-state index contributed by atoms with van der Waals surface area (Å²) in [6.45, 7) is 1.31. The lowest BCUT2D eigenvalue weighted by atomic mass is 10.2. The molecule has 0 atom stereocenters. The highest BCUT2D eigenvalue weighted by Crippen LogP contribution is 2.27. The summed E-state index contributed by atoms with van der Waals surface area (Å²) >= 11 is 1.54. The van der Waals surface area contributed by atoms with Gasteiger partial charge in [0.2, 0.25) is 5.91 Å². The molecule has 1 aliphatic heterocycles. The Morgan fingerprint density at radius 1 is 1.43 bits per heavy atom. The van der Waals surface area contributed by atoms with Gasteiger partial charge in [-0.05, 0) is 11.4 Å². The molecule has 1 fully saturated rings. The van der Waals surface area contributed by atoms with Crippen LogP contribution in [0.1, 0.15) is 0 Å². The van der Waals surface area contributed by atoms with Crippen LogP contribution in [-0.4, -0.2) is 60.0 Å². The van der Waals surface area contributed by atoms with Crippen LogP contribution < -0.4 is 4.90 Å². The van der Waals surface area contributed by atoms with Gasteiger partial charge in [-0.1, -0.05) is 0 Å². The lowest BCUT2D eigenvalue weighted by molar-refractivity contribution is -0.147. The number of rotatable bonds is 3. The van der Waals surface area contributed by atoms with E-state index in [2.05, 4.69) is 14.7 Å². The highest BCUT2D eigenvalue weighted by Gasteiger charge is 2.27. The van der Waals surface area contributed by atoms with E-state index >= 15 is 0 Å². The number of hydrogen-bond donors (Lipinski definition) is 0. The second kappa shape index (κ2) is 5.65. The van der Waals surface area contributed by atoms with Gasteiger partial charge in [0.15, 0.2) is 0 Å². The average Bonchev–Trinajstić information content (AvgIpc) is 2.97. The molecule has 0 aromatic carbocycles. The Bertz CT molecular complexity index is 687. The van der Waals surface area contributed by atoms with E-state index in [0.29, 0.717) is 13.1 Å². The number of esters is 1. The number of amides is 1. The molecule has 0 radical (unpaired) electrons. The van der Waals surface area contributed by atoms with Crippen molar-refractivity contribution in [3.63, 3.8) is 0 Å². The molecule has 7 nitrogen and oxygen atoms in total. The van der Waals surface area contributed by atoms with Gasteiger partial charge in [-0.2, -0.15) is 0 Å². The highest BCUT2D eigenvalue weighted by atomic mass is 32.1. The van der Waals surface area contributed by atoms with E-state index in [4.69, 9.17) is 0 Å². The number of methoxy groups -OCH3 is 1. The summed E-state index contributed by atoms with van der Waals surface area (Å²) in [4.78, 5) is 36.3. The molecule has 2 aromatic heterocycles. The number of fused-ring (bicyclic) bond motifs is 1. The van der Waals surface area contributed by atoms with Gasteiger partial charge in [-0.25, -0.2) is 9.97 Å². The second-order valence-corrected chi connectivity index (χ2v) is 5.54. The van der Waals surface area contributed by atoms with Crippen molar-refractivity contribution >= 4 is 39.2 Å². The fourth-order valence-corrected chi connectivity index (χ4v) is 3.03. The van der Waals surface area contributed by atoms with Crippen molar-refractivity contribution < 1.29 is 14.3 Å². The maximum Gasteiger partial charge on any atom is 0.325 e. The van der Waals surface area contributed by atoms with E-state index in [1.807, 2.05) is 16.3 Å². The Labute approximate surface area is 125 Å². The normalized spacial score (nSPS) is 15.6. The van der Waals surface area contributed by atoms with Crippen LogP contribution in [0, 0.1) is 0 Å². The first kappa shape index (κ1) is 13.7. The summed E-state index contributed by atoms with van der Waals surface area (Å²) in [6.07, 6.45) is 1.51. The average molecular weight is 306 g/mol. The number of nitrogens with zero attached hydrogens (tertiary/aromatic N) is 4. The van der Waals surface area contributed by atoms with Crippen LogP contribution >= 0.6 is 11.3 Å². The molecule has 8 heteroatoms. The van der Waals surface area contributed by atoms with Crippen LogP contribution in [-0.2, 0) is 14.3 Å².